The number of rotatable bonds is 7. The standard InChI is InChI=1S/C23H32N2/c1-3-5-7-19-8-12-20(13-9-19)22-16-24-23(25-17-22)21-14-10-18(6-4-2)11-15-21/h8-9,12-13,16-18,21H,3-7,10-11,14-15H2,1-2H3. The number of aromatic nitrogens is 2. The van der Waals surface area contributed by atoms with Crippen molar-refractivity contribution in [2.75, 3.05) is 0 Å². The van der Waals surface area contributed by atoms with Gasteiger partial charge in [0.2, 0.25) is 0 Å². The average molecular weight is 337 g/mol. The Hall–Kier alpha value is -1.70. The predicted octanol–water partition coefficient (Wildman–Crippen LogP) is 6.56. The van der Waals surface area contributed by atoms with Gasteiger partial charge in [0.25, 0.3) is 0 Å². The monoisotopic (exact) mass is 336 g/mol. The van der Waals surface area contributed by atoms with E-state index in [4.69, 9.17) is 9.97 Å². The number of hydrogen-bond donors (Lipinski definition) is 0. The Kier molecular flexibility index (Phi) is 6.61. The fourth-order valence-electron chi connectivity index (χ4n) is 4.06. The molecule has 0 unspecified atom stereocenters. The molecule has 1 aromatic heterocycles. The van der Waals surface area contributed by atoms with E-state index >= 15 is 0 Å². The van der Waals surface area contributed by atoms with Crippen LogP contribution in [-0.4, -0.2) is 9.97 Å². The van der Waals surface area contributed by atoms with E-state index in [9.17, 15) is 0 Å². The minimum atomic E-state index is 0.568. The van der Waals surface area contributed by atoms with E-state index in [1.54, 1.807) is 0 Å². The Balaban J connectivity index is 1.60. The molecule has 1 aliphatic rings. The number of hydrogen-bond acceptors (Lipinski definition) is 2. The van der Waals surface area contributed by atoms with Crippen LogP contribution < -0.4 is 0 Å². The van der Waals surface area contributed by atoms with Gasteiger partial charge in [-0.25, -0.2) is 9.97 Å². The lowest BCUT2D eigenvalue weighted by Crippen LogP contribution is -2.15. The molecule has 1 aliphatic carbocycles. The third-order valence-electron chi connectivity index (χ3n) is 5.69. The summed E-state index contributed by atoms with van der Waals surface area (Å²) in [4.78, 5) is 9.42. The summed E-state index contributed by atoms with van der Waals surface area (Å²) in [6.07, 6.45) is 15.6. The lowest BCUT2D eigenvalue weighted by Gasteiger charge is -2.27. The van der Waals surface area contributed by atoms with Crippen LogP contribution in [0.25, 0.3) is 11.1 Å². The Morgan fingerprint density at radius 3 is 2.12 bits per heavy atom. The highest BCUT2D eigenvalue weighted by Crippen LogP contribution is 2.36. The SMILES string of the molecule is CCCCc1ccc(-c2cnc(C3CCC(CCC)CC3)nc2)cc1. The molecule has 0 N–H and O–H groups in total. The van der Waals surface area contributed by atoms with E-state index in [-0.39, 0.29) is 0 Å². The van der Waals surface area contributed by atoms with Gasteiger partial charge in [-0.05, 0) is 55.6 Å². The summed E-state index contributed by atoms with van der Waals surface area (Å²) in [5, 5.41) is 0. The molecule has 2 nitrogen and oxygen atoms in total. The van der Waals surface area contributed by atoms with Crippen molar-refractivity contribution in [3.8, 4) is 11.1 Å². The van der Waals surface area contributed by atoms with Crippen molar-refractivity contribution in [3.63, 3.8) is 0 Å². The first-order valence-corrected chi connectivity index (χ1v) is 10.2. The molecule has 1 aromatic carbocycles. The van der Waals surface area contributed by atoms with Crippen molar-refractivity contribution in [2.45, 2.75) is 77.6 Å². The molecular formula is C23H32N2. The van der Waals surface area contributed by atoms with Crippen LogP contribution in [0.4, 0.5) is 0 Å². The lowest BCUT2D eigenvalue weighted by atomic mass is 9.80. The average Bonchev–Trinajstić information content (AvgIpc) is 2.68. The molecule has 2 heteroatoms. The Labute approximate surface area is 153 Å². The first-order chi connectivity index (χ1) is 12.3. The van der Waals surface area contributed by atoms with E-state index in [2.05, 4.69) is 38.1 Å². The second kappa shape index (κ2) is 9.12. The molecule has 134 valence electrons. The Morgan fingerprint density at radius 1 is 0.840 bits per heavy atom. The Bertz CT molecular complexity index is 622. The molecule has 2 aromatic rings. The van der Waals surface area contributed by atoms with Crippen molar-refractivity contribution >= 4 is 0 Å². The van der Waals surface area contributed by atoms with Crippen LogP contribution in [0.15, 0.2) is 36.7 Å². The molecule has 0 amide bonds. The van der Waals surface area contributed by atoms with Crippen LogP contribution in [0, 0.1) is 5.92 Å². The van der Waals surface area contributed by atoms with Crippen LogP contribution in [0.1, 0.15) is 82.5 Å². The summed E-state index contributed by atoms with van der Waals surface area (Å²) in [6, 6.07) is 8.90. The number of nitrogens with zero attached hydrogens (tertiary/aromatic N) is 2. The van der Waals surface area contributed by atoms with Gasteiger partial charge < -0.3 is 0 Å². The maximum atomic E-state index is 4.71. The van der Waals surface area contributed by atoms with E-state index in [1.807, 2.05) is 12.4 Å². The molecule has 1 fully saturated rings. The van der Waals surface area contributed by atoms with E-state index < -0.39 is 0 Å². The molecule has 0 radical (unpaired) electrons. The zero-order chi connectivity index (χ0) is 17.5. The fourth-order valence-corrected chi connectivity index (χ4v) is 4.06. The van der Waals surface area contributed by atoms with Gasteiger partial charge in [-0.3, -0.25) is 0 Å². The highest BCUT2D eigenvalue weighted by Gasteiger charge is 2.23. The Morgan fingerprint density at radius 2 is 1.52 bits per heavy atom. The zero-order valence-corrected chi connectivity index (χ0v) is 15.9. The van der Waals surface area contributed by atoms with Crippen LogP contribution in [-0.2, 0) is 6.42 Å². The molecule has 0 saturated heterocycles. The molecule has 0 bridgehead atoms. The van der Waals surface area contributed by atoms with E-state index in [0.717, 1.165) is 17.3 Å². The van der Waals surface area contributed by atoms with Crippen molar-refractivity contribution in [1.29, 1.82) is 0 Å². The third-order valence-corrected chi connectivity index (χ3v) is 5.69. The lowest BCUT2D eigenvalue weighted by molar-refractivity contribution is 0.302. The molecule has 25 heavy (non-hydrogen) atoms. The van der Waals surface area contributed by atoms with Crippen LogP contribution in [0.5, 0.6) is 0 Å². The van der Waals surface area contributed by atoms with Gasteiger partial charge in [0.05, 0.1) is 0 Å². The molecule has 0 atom stereocenters. The normalized spacial score (nSPS) is 20.6. The second-order valence-electron chi connectivity index (χ2n) is 7.64. The smallest absolute Gasteiger partial charge is 0.131 e. The maximum Gasteiger partial charge on any atom is 0.131 e. The highest BCUT2D eigenvalue weighted by atomic mass is 14.9. The van der Waals surface area contributed by atoms with Gasteiger partial charge in [-0.15, -0.1) is 0 Å². The predicted molar refractivity (Wildman–Crippen MR) is 106 cm³/mol. The molecule has 1 heterocycles. The van der Waals surface area contributed by atoms with Crippen LogP contribution in [0.2, 0.25) is 0 Å². The van der Waals surface area contributed by atoms with Crippen molar-refractivity contribution in [3.05, 3.63) is 48.0 Å². The van der Waals surface area contributed by atoms with Crippen molar-refractivity contribution in [1.82, 2.24) is 9.97 Å². The largest absolute Gasteiger partial charge is 0.240 e. The van der Waals surface area contributed by atoms with Crippen LogP contribution >= 0.6 is 0 Å². The molecule has 0 aliphatic heterocycles. The molecular weight excluding hydrogens is 304 g/mol. The first kappa shape index (κ1) is 18.1. The summed E-state index contributed by atoms with van der Waals surface area (Å²) in [7, 11) is 0. The number of aryl methyl sites for hydroxylation is 1. The quantitative estimate of drug-likeness (QED) is 0.572. The minimum Gasteiger partial charge on any atom is -0.240 e. The highest BCUT2D eigenvalue weighted by molar-refractivity contribution is 5.61. The summed E-state index contributed by atoms with van der Waals surface area (Å²) < 4.78 is 0. The van der Waals surface area contributed by atoms with Crippen molar-refractivity contribution in [2.24, 2.45) is 5.92 Å². The topological polar surface area (TPSA) is 25.8 Å². The minimum absolute atomic E-state index is 0.568. The molecule has 3 rings (SSSR count). The van der Waals surface area contributed by atoms with Gasteiger partial charge in [-0.1, -0.05) is 57.4 Å². The zero-order valence-electron chi connectivity index (χ0n) is 15.9. The summed E-state index contributed by atoms with van der Waals surface area (Å²) >= 11 is 0. The first-order valence-electron chi connectivity index (χ1n) is 10.2. The van der Waals surface area contributed by atoms with Gasteiger partial charge >= 0.3 is 0 Å². The third kappa shape index (κ3) is 4.90. The van der Waals surface area contributed by atoms with E-state index in [0.29, 0.717) is 5.92 Å². The number of unbranched alkanes of at least 4 members (excludes halogenated alkanes) is 1. The number of benzene rings is 1. The van der Waals surface area contributed by atoms with Gasteiger partial charge in [0, 0.05) is 23.9 Å². The summed E-state index contributed by atoms with van der Waals surface area (Å²) in [5.74, 6) is 2.56. The fraction of sp³-hybridized carbons (Fsp3) is 0.565. The van der Waals surface area contributed by atoms with E-state index in [1.165, 1.54) is 68.9 Å². The van der Waals surface area contributed by atoms with Gasteiger partial charge in [-0.2, -0.15) is 0 Å². The molecule has 0 spiro atoms. The van der Waals surface area contributed by atoms with Crippen molar-refractivity contribution < 1.29 is 0 Å². The summed E-state index contributed by atoms with van der Waals surface area (Å²) in [6.45, 7) is 4.54. The van der Waals surface area contributed by atoms with Gasteiger partial charge in [0.1, 0.15) is 5.82 Å². The van der Waals surface area contributed by atoms with Crippen LogP contribution in [0.3, 0.4) is 0 Å². The molecule has 1 saturated carbocycles. The maximum absolute atomic E-state index is 4.71. The second-order valence-corrected chi connectivity index (χ2v) is 7.64. The summed E-state index contributed by atoms with van der Waals surface area (Å²) in [5.41, 5.74) is 3.77. The van der Waals surface area contributed by atoms with Gasteiger partial charge in [0.15, 0.2) is 0 Å².